The zero-order valence-electron chi connectivity index (χ0n) is 6.22. The van der Waals surface area contributed by atoms with E-state index in [0.717, 1.165) is 0 Å². The minimum atomic E-state index is 1.19. The van der Waals surface area contributed by atoms with E-state index in [0.29, 0.717) is 0 Å². The summed E-state index contributed by atoms with van der Waals surface area (Å²) in [5.74, 6) is 1.19. The van der Waals surface area contributed by atoms with Gasteiger partial charge in [-0.15, -0.1) is 0 Å². The van der Waals surface area contributed by atoms with Crippen LogP contribution in [0.15, 0.2) is 4.99 Å². The summed E-state index contributed by atoms with van der Waals surface area (Å²) in [5, 5.41) is 0. The molecule has 0 atom stereocenters. The lowest BCUT2D eigenvalue weighted by molar-refractivity contribution is 0.515. The van der Waals surface area contributed by atoms with Gasteiger partial charge in [0.15, 0.2) is 0 Å². The average Bonchev–Trinajstić information content (AvgIpc) is 2.37. The molecule has 1 aliphatic rings. The molecule has 0 radical (unpaired) electrons. The average molecular weight is 126 g/mol. The Morgan fingerprint density at radius 3 is 2.33 bits per heavy atom. The third kappa shape index (κ3) is 1.44. The SMILES string of the molecule is C/N=C(/C)N1CCCC1. The minimum absolute atomic E-state index is 1.19. The van der Waals surface area contributed by atoms with Gasteiger partial charge in [0.05, 0.1) is 5.84 Å². The normalized spacial score (nSPS) is 21.1. The summed E-state index contributed by atoms with van der Waals surface area (Å²) in [6.45, 7) is 4.50. The van der Waals surface area contributed by atoms with E-state index in [1.54, 1.807) is 0 Å². The van der Waals surface area contributed by atoms with Crippen molar-refractivity contribution in [3.05, 3.63) is 0 Å². The molecule has 0 aromatic carbocycles. The molecule has 0 bridgehead atoms. The monoisotopic (exact) mass is 126 g/mol. The lowest BCUT2D eigenvalue weighted by Crippen LogP contribution is -2.24. The zero-order chi connectivity index (χ0) is 6.69. The standard InChI is InChI=1S/C7H14N2/c1-7(8-2)9-5-3-4-6-9/h3-6H2,1-2H3/b8-7-. The number of aliphatic imine (C=N–C) groups is 1. The number of amidine groups is 1. The maximum absolute atomic E-state index is 4.11. The topological polar surface area (TPSA) is 15.6 Å². The number of rotatable bonds is 0. The third-order valence-corrected chi connectivity index (χ3v) is 1.89. The van der Waals surface area contributed by atoms with Gasteiger partial charge in [-0.05, 0) is 19.8 Å². The molecule has 0 amide bonds. The van der Waals surface area contributed by atoms with Crippen molar-refractivity contribution in [1.29, 1.82) is 0 Å². The summed E-state index contributed by atoms with van der Waals surface area (Å²) in [7, 11) is 1.85. The van der Waals surface area contributed by atoms with E-state index in [-0.39, 0.29) is 0 Å². The molecule has 1 heterocycles. The van der Waals surface area contributed by atoms with Gasteiger partial charge in [-0.2, -0.15) is 0 Å². The number of hydrogen-bond donors (Lipinski definition) is 0. The second-order valence-corrected chi connectivity index (χ2v) is 2.46. The molecule has 9 heavy (non-hydrogen) atoms. The van der Waals surface area contributed by atoms with E-state index >= 15 is 0 Å². The molecule has 0 aromatic rings. The first kappa shape index (κ1) is 6.59. The van der Waals surface area contributed by atoms with Crippen molar-refractivity contribution in [3.8, 4) is 0 Å². The molecule has 0 aliphatic carbocycles. The van der Waals surface area contributed by atoms with Crippen molar-refractivity contribution in [3.63, 3.8) is 0 Å². The molecule has 0 saturated carbocycles. The quantitative estimate of drug-likeness (QED) is 0.351. The van der Waals surface area contributed by atoms with E-state index in [1.807, 2.05) is 7.05 Å². The second-order valence-electron chi connectivity index (χ2n) is 2.46. The van der Waals surface area contributed by atoms with Crippen molar-refractivity contribution in [1.82, 2.24) is 4.90 Å². The first-order valence-electron chi connectivity index (χ1n) is 3.53. The fourth-order valence-electron chi connectivity index (χ4n) is 1.18. The molecule has 52 valence electrons. The largest absolute Gasteiger partial charge is 0.361 e. The lowest BCUT2D eigenvalue weighted by Gasteiger charge is -2.15. The Bertz CT molecular complexity index is 112. The second kappa shape index (κ2) is 2.85. The predicted octanol–water partition coefficient (Wildman–Crippen LogP) is 1.13. The van der Waals surface area contributed by atoms with Gasteiger partial charge < -0.3 is 4.90 Å². The van der Waals surface area contributed by atoms with Crippen LogP contribution < -0.4 is 0 Å². The van der Waals surface area contributed by atoms with Crippen molar-refractivity contribution in [2.45, 2.75) is 19.8 Å². The van der Waals surface area contributed by atoms with E-state index in [9.17, 15) is 0 Å². The van der Waals surface area contributed by atoms with Crippen LogP contribution >= 0.6 is 0 Å². The number of likely N-dealkylation sites (tertiary alicyclic amines) is 1. The van der Waals surface area contributed by atoms with Gasteiger partial charge >= 0.3 is 0 Å². The third-order valence-electron chi connectivity index (χ3n) is 1.89. The highest BCUT2D eigenvalue weighted by Crippen LogP contribution is 2.07. The van der Waals surface area contributed by atoms with Crippen LogP contribution in [-0.2, 0) is 0 Å². The van der Waals surface area contributed by atoms with E-state index in [1.165, 1.54) is 31.8 Å². The molecule has 1 aliphatic heterocycles. The Labute approximate surface area is 56.6 Å². The first-order valence-corrected chi connectivity index (χ1v) is 3.53. The van der Waals surface area contributed by atoms with E-state index in [4.69, 9.17) is 0 Å². The van der Waals surface area contributed by atoms with Crippen LogP contribution in [0.1, 0.15) is 19.8 Å². The Morgan fingerprint density at radius 2 is 1.89 bits per heavy atom. The smallest absolute Gasteiger partial charge is 0.0954 e. The van der Waals surface area contributed by atoms with Gasteiger partial charge in [-0.3, -0.25) is 4.99 Å². The number of hydrogen-bond acceptors (Lipinski definition) is 1. The molecule has 0 N–H and O–H groups in total. The van der Waals surface area contributed by atoms with Crippen molar-refractivity contribution in [2.24, 2.45) is 4.99 Å². The molecule has 0 spiro atoms. The predicted molar refractivity (Wildman–Crippen MR) is 39.8 cm³/mol. The van der Waals surface area contributed by atoms with Crippen LogP contribution in [0.4, 0.5) is 0 Å². The molecule has 1 saturated heterocycles. The van der Waals surface area contributed by atoms with Crippen LogP contribution in [0.25, 0.3) is 0 Å². The van der Waals surface area contributed by atoms with Crippen molar-refractivity contribution in [2.75, 3.05) is 20.1 Å². The summed E-state index contributed by atoms with van der Waals surface area (Å²) >= 11 is 0. The van der Waals surface area contributed by atoms with Gasteiger partial charge in [0.1, 0.15) is 0 Å². The van der Waals surface area contributed by atoms with Crippen LogP contribution in [0, 0.1) is 0 Å². The zero-order valence-corrected chi connectivity index (χ0v) is 6.22. The highest BCUT2D eigenvalue weighted by Gasteiger charge is 2.10. The maximum atomic E-state index is 4.11. The van der Waals surface area contributed by atoms with Crippen molar-refractivity contribution < 1.29 is 0 Å². The minimum Gasteiger partial charge on any atom is -0.361 e. The first-order chi connectivity index (χ1) is 4.34. The molecule has 1 fully saturated rings. The summed E-state index contributed by atoms with van der Waals surface area (Å²) < 4.78 is 0. The van der Waals surface area contributed by atoms with Crippen molar-refractivity contribution >= 4 is 5.84 Å². The fraction of sp³-hybridized carbons (Fsp3) is 0.857. The summed E-state index contributed by atoms with van der Waals surface area (Å²) in [6, 6.07) is 0. The molecule has 0 unspecified atom stereocenters. The highest BCUT2D eigenvalue weighted by atomic mass is 15.2. The van der Waals surface area contributed by atoms with Crippen LogP contribution in [0.5, 0.6) is 0 Å². The summed E-state index contributed by atoms with van der Waals surface area (Å²) in [6.07, 6.45) is 2.68. The Morgan fingerprint density at radius 1 is 1.33 bits per heavy atom. The lowest BCUT2D eigenvalue weighted by atomic mass is 10.4. The van der Waals surface area contributed by atoms with Gasteiger partial charge in [-0.25, -0.2) is 0 Å². The molecule has 1 rings (SSSR count). The van der Waals surface area contributed by atoms with Crippen LogP contribution in [0.2, 0.25) is 0 Å². The molecule has 2 heteroatoms. The molecule has 2 nitrogen and oxygen atoms in total. The maximum Gasteiger partial charge on any atom is 0.0954 e. The molecule has 0 aromatic heterocycles. The molecular weight excluding hydrogens is 112 g/mol. The Hall–Kier alpha value is -0.530. The fourth-order valence-corrected chi connectivity index (χ4v) is 1.18. The van der Waals surface area contributed by atoms with Crippen LogP contribution in [0.3, 0.4) is 0 Å². The molecular formula is C7H14N2. The van der Waals surface area contributed by atoms with Crippen LogP contribution in [-0.4, -0.2) is 30.9 Å². The van der Waals surface area contributed by atoms with Gasteiger partial charge in [0.25, 0.3) is 0 Å². The summed E-state index contributed by atoms with van der Waals surface area (Å²) in [5.41, 5.74) is 0. The highest BCUT2D eigenvalue weighted by molar-refractivity contribution is 5.79. The number of nitrogens with zero attached hydrogens (tertiary/aromatic N) is 2. The van der Waals surface area contributed by atoms with E-state index in [2.05, 4.69) is 16.8 Å². The Balaban J connectivity index is 2.42. The Kier molecular flexibility index (Phi) is 2.09. The van der Waals surface area contributed by atoms with Gasteiger partial charge in [-0.1, -0.05) is 0 Å². The van der Waals surface area contributed by atoms with Gasteiger partial charge in [0, 0.05) is 20.1 Å². The summed E-state index contributed by atoms with van der Waals surface area (Å²) in [4.78, 5) is 6.45. The van der Waals surface area contributed by atoms with Gasteiger partial charge in [0.2, 0.25) is 0 Å². The van der Waals surface area contributed by atoms with E-state index < -0.39 is 0 Å².